The summed E-state index contributed by atoms with van der Waals surface area (Å²) in [7, 11) is 0. The van der Waals surface area contributed by atoms with Gasteiger partial charge < -0.3 is 10.6 Å². The molecule has 0 atom stereocenters. The van der Waals surface area contributed by atoms with Gasteiger partial charge in [-0.15, -0.1) is 0 Å². The molecule has 2 nitrogen and oxygen atoms in total. The van der Waals surface area contributed by atoms with Crippen LogP contribution in [0.5, 0.6) is 0 Å². The molecule has 4 aromatic carbocycles. The number of hydrogen-bond acceptors (Lipinski definition) is 2. The van der Waals surface area contributed by atoms with Crippen molar-refractivity contribution in [2.45, 2.75) is 6.42 Å². The molecule has 0 spiro atoms. The molecule has 12 heteroatoms. The van der Waals surface area contributed by atoms with E-state index >= 15 is 0 Å². The van der Waals surface area contributed by atoms with Crippen molar-refractivity contribution in [3.8, 4) is 11.1 Å². The van der Waals surface area contributed by atoms with Crippen LogP contribution in [0.15, 0.2) is 36.4 Å². The van der Waals surface area contributed by atoms with Crippen molar-refractivity contribution in [3.05, 3.63) is 106 Å². The minimum Gasteiger partial charge on any atom is -0.351 e. The third-order valence-electron chi connectivity index (χ3n) is 5.84. The van der Waals surface area contributed by atoms with E-state index in [1.165, 1.54) is 36.4 Å². The molecule has 0 fully saturated rings. The maximum atomic E-state index is 14.0. The van der Waals surface area contributed by atoms with Crippen molar-refractivity contribution in [2.24, 2.45) is 0 Å². The number of benzene rings is 4. The molecule has 0 saturated heterocycles. The SMILES string of the molecule is Fc1c(F)c(F)c(Nc2ccc3c(c2)Cc2cc(Nc4c(F)c(F)c(F)c(F)c4F)ccc2-3)c(F)c1F. The summed E-state index contributed by atoms with van der Waals surface area (Å²) in [6.45, 7) is 0. The summed E-state index contributed by atoms with van der Waals surface area (Å²) >= 11 is 0. The lowest BCUT2D eigenvalue weighted by Gasteiger charge is -2.12. The lowest BCUT2D eigenvalue weighted by atomic mass is 10.0. The van der Waals surface area contributed by atoms with Crippen LogP contribution in [0.4, 0.5) is 66.7 Å². The van der Waals surface area contributed by atoms with Gasteiger partial charge >= 0.3 is 0 Å². The first-order valence-corrected chi connectivity index (χ1v) is 10.3. The lowest BCUT2D eigenvalue weighted by Crippen LogP contribution is -2.07. The summed E-state index contributed by atoms with van der Waals surface area (Å²) in [6.07, 6.45) is 0.171. The van der Waals surface area contributed by atoms with Gasteiger partial charge in [-0.3, -0.25) is 0 Å². The zero-order valence-electron chi connectivity index (χ0n) is 18.0. The fraction of sp³-hybridized carbons (Fsp3) is 0.0400. The molecular weight excluding hydrogens is 518 g/mol. The Hall–Kier alpha value is -4.22. The summed E-state index contributed by atoms with van der Waals surface area (Å²) < 4.78 is 137. The van der Waals surface area contributed by atoms with E-state index in [4.69, 9.17) is 0 Å². The molecule has 1 aliphatic rings. The van der Waals surface area contributed by atoms with Gasteiger partial charge in [0.1, 0.15) is 11.4 Å². The van der Waals surface area contributed by atoms with Gasteiger partial charge in [0.05, 0.1) is 0 Å². The topological polar surface area (TPSA) is 24.1 Å². The smallest absolute Gasteiger partial charge is 0.200 e. The Kier molecular flexibility index (Phi) is 5.76. The highest BCUT2D eigenvalue weighted by atomic mass is 19.2. The van der Waals surface area contributed by atoms with E-state index in [0.29, 0.717) is 22.3 Å². The van der Waals surface area contributed by atoms with E-state index in [-0.39, 0.29) is 17.8 Å². The molecule has 0 heterocycles. The second kappa shape index (κ2) is 8.71. The van der Waals surface area contributed by atoms with Crippen LogP contribution in [-0.2, 0) is 6.42 Å². The molecule has 190 valence electrons. The van der Waals surface area contributed by atoms with Gasteiger partial charge in [0.25, 0.3) is 0 Å². The standard InChI is InChI=1S/C25H10F10N2/c26-14-16(28)20(32)24(21(33)17(14)29)36-10-1-3-12-8(6-10)5-9-7-11(2-4-13(9)12)37-25-22(34)18(30)15(27)19(31)23(25)35/h1-4,6-7,36-37H,5H2. The van der Waals surface area contributed by atoms with E-state index in [9.17, 15) is 43.9 Å². The van der Waals surface area contributed by atoms with Crippen LogP contribution in [0.2, 0.25) is 0 Å². The first-order chi connectivity index (χ1) is 17.5. The predicted octanol–water partition coefficient (Wildman–Crippen LogP) is 8.14. The van der Waals surface area contributed by atoms with E-state index in [2.05, 4.69) is 10.6 Å². The van der Waals surface area contributed by atoms with E-state index in [0.717, 1.165) is 0 Å². The summed E-state index contributed by atoms with van der Waals surface area (Å²) in [5, 5.41) is 4.37. The van der Waals surface area contributed by atoms with Gasteiger partial charge in [-0.25, -0.2) is 43.9 Å². The Morgan fingerprint density at radius 3 is 1.03 bits per heavy atom. The highest BCUT2D eigenvalue weighted by Crippen LogP contribution is 2.41. The van der Waals surface area contributed by atoms with Gasteiger partial charge in [-0.2, -0.15) is 0 Å². The molecule has 0 unspecified atom stereocenters. The van der Waals surface area contributed by atoms with Crippen molar-refractivity contribution in [1.82, 2.24) is 0 Å². The molecular formula is C25H10F10N2. The summed E-state index contributed by atoms with van der Waals surface area (Å²) in [6, 6.07) is 8.54. The van der Waals surface area contributed by atoms with Gasteiger partial charge in [0, 0.05) is 11.4 Å². The second-order valence-corrected chi connectivity index (χ2v) is 8.06. The maximum Gasteiger partial charge on any atom is 0.200 e. The van der Waals surface area contributed by atoms with Crippen molar-refractivity contribution in [3.63, 3.8) is 0 Å². The first kappa shape index (κ1) is 24.5. The van der Waals surface area contributed by atoms with Crippen molar-refractivity contribution in [2.75, 3.05) is 10.6 Å². The van der Waals surface area contributed by atoms with E-state index in [1.54, 1.807) is 0 Å². The molecule has 0 aliphatic heterocycles. The molecule has 0 radical (unpaired) electrons. The van der Waals surface area contributed by atoms with Crippen LogP contribution >= 0.6 is 0 Å². The van der Waals surface area contributed by atoms with Gasteiger partial charge in [-0.1, -0.05) is 12.1 Å². The van der Waals surface area contributed by atoms with Crippen LogP contribution in [0.25, 0.3) is 11.1 Å². The number of fused-ring (bicyclic) bond motifs is 3. The molecule has 0 saturated carbocycles. The third kappa shape index (κ3) is 3.83. The molecule has 0 aromatic heterocycles. The zero-order chi connectivity index (χ0) is 26.8. The molecule has 2 N–H and O–H groups in total. The van der Waals surface area contributed by atoms with Crippen LogP contribution in [0, 0.1) is 58.2 Å². The Balaban J connectivity index is 1.44. The van der Waals surface area contributed by atoms with Crippen LogP contribution in [0.1, 0.15) is 11.1 Å². The second-order valence-electron chi connectivity index (χ2n) is 8.06. The average Bonchev–Trinajstić information content (AvgIpc) is 3.25. The van der Waals surface area contributed by atoms with E-state index in [1.807, 2.05) is 0 Å². The van der Waals surface area contributed by atoms with Crippen LogP contribution in [0.3, 0.4) is 0 Å². The zero-order valence-corrected chi connectivity index (χ0v) is 18.0. The minimum atomic E-state index is -2.29. The van der Waals surface area contributed by atoms with Crippen LogP contribution in [-0.4, -0.2) is 0 Å². The Morgan fingerprint density at radius 1 is 0.405 bits per heavy atom. The maximum absolute atomic E-state index is 14.0. The normalized spacial score (nSPS) is 11.9. The van der Waals surface area contributed by atoms with Gasteiger partial charge in [-0.05, 0) is 52.9 Å². The number of rotatable bonds is 4. The monoisotopic (exact) mass is 528 g/mol. The number of anilines is 4. The number of halogens is 10. The van der Waals surface area contributed by atoms with Crippen molar-refractivity contribution < 1.29 is 43.9 Å². The summed E-state index contributed by atoms with van der Waals surface area (Å²) in [4.78, 5) is 0. The first-order valence-electron chi connectivity index (χ1n) is 10.3. The molecule has 4 aromatic rings. The van der Waals surface area contributed by atoms with Crippen molar-refractivity contribution >= 4 is 22.7 Å². The lowest BCUT2D eigenvalue weighted by molar-refractivity contribution is 0.382. The van der Waals surface area contributed by atoms with Gasteiger partial charge in [0.15, 0.2) is 46.5 Å². The predicted molar refractivity (Wildman–Crippen MR) is 114 cm³/mol. The fourth-order valence-corrected chi connectivity index (χ4v) is 4.08. The number of nitrogens with one attached hydrogen (secondary N) is 2. The largest absolute Gasteiger partial charge is 0.351 e. The van der Waals surface area contributed by atoms with Gasteiger partial charge in [0.2, 0.25) is 11.6 Å². The summed E-state index contributed by atoms with van der Waals surface area (Å²) in [5.41, 5.74) is -0.0395. The minimum absolute atomic E-state index is 0.00881. The molecule has 0 bridgehead atoms. The Morgan fingerprint density at radius 2 is 0.703 bits per heavy atom. The summed E-state index contributed by atoms with van der Waals surface area (Å²) in [5.74, 6) is -21.2. The third-order valence-corrected chi connectivity index (χ3v) is 5.84. The number of hydrogen-bond donors (Lipinski definition) is 2. The quantitative estimate of drug-likeness (QED) is 0.140. The average molecular weight is 528 g/mol. The molecule has 0 amide bonds. The fourth-order valence-electron chi connectivity index (χ4n) is 4.08. The highest BCUT2D eigenvalue weighted by Gasteiger charge is 2.28. The Bertz CT molecular complexity index is 1440. The van der Waals surface area contributed by atoms with Crippen LogP contribution < -0.4 is 10.6 Å². The highest BCUT2D eigenvalue weighted by molar-refractivity contribution is 5.81. The molecule has 37 heavy (non-hydrogen) atoms. The Labute approximate surface area is 201 Å². The molecule has 5 rings (SSSR count). The van der Waals surface area contributed by atoms with Crippen molar-refractivity contribution in [1.29, 1.82) is 0 Å². The van der Waals surface area contributed by atoms with E-state index < -0.39 is 69.5 Å². The molecule has 1 aliphatic carbocycles.